The van der Waals surface area contributed by atoms with E-state index < -0.39 is 18.2 Å². The minimum Gasteiger partial charge on any atom is -0.393 e. The highest BCUT2D eigenvalue weighted by Crippen LogP contribution is 2.13. The summed E-state index contributed by atoms with van der Waals surface area (Å²) >= 11 is 0. The Bertz CT molecular complexity index is 170. The normalized spacial score (nSPS) is 13.9. The van der Waals surface area contributed by atoms with Crippen LogP contribution in [0.1, 0.15) is 19.8 Å². The van der Waals surface area contributed by atoms with Crippen molar-refractivity contribution in [3.8, 4) is 0 Å². The van der Waals surface area contributed by atoms with Crippen molar-refractivity contribution in [1.82, 2.24) is 5.32 Å². The van der Waals surface area contributed by atoms with Gasteiger partial charge in [-0.2, -0.15) is 13.2 Å². The van der Waals surface area contributed by atoms with Crippen LogP contribution in [0.2, 0.25) is 0 Å². The summed E-state index contributed by atoms with van der Waals surface area (Å²) in [7, 11) is 0. The van der Waals surface area contributed by atoms with Crippen LogP contribution >= 0.6 is 0 Å². The fourth-order valence-electron chi connectivity index (χ4n) is 0.657. The van der Waals surface area contributed by atoms with E-state index in [9.17, 15) is 18.0 Å². The molecule has 0 aliphatic heterocycles. The van der Waals surface area contributed by atoms with Crippen LogP contribution in [-0.2, 0) is 4.79 Å². The fourth-order valence-corrected chi connectivity index (χ4v) is 0.657. The van der Waals surface area contributed by atoms with Gasteiger partial charge in [0.2, 0.25) is 0 Å². The Morgan fingerprint density at radius 1 is 1.54 bits per heavy atom. The molecule has 1 unspecified atom stereocenters. The van der Waals surface area contributed by atoms with Crippen LogP contribution in [0.3, 0.4) is 0 Å². The third-order valence-electron chi connectivity index (χ3n) is 1.49. The molecule has 13 heavy (non-hydrogen) atoms. The number of amides is 1. The molecule has 78 valence electrons. The molecule has 1 atom stereocenters. The number of hydrogen-bond donors (Lipinski definition) is 2. The zero-order valence-electron chi connectivity index (χ0n) is 7.19. The molecule has 3 nitrogen and oxygen atoms in total. The van der Waals surface area contributed by atoms with Gasteiger partial charge in [-0.25, -0.2) is 0 Å². The first kappa shape index (κ1) is 12.2. The highest BCUT2D eigenvalue weighted by molar-refractivity contribution is 5.81. The second-order valence-corrected chi connectivity index (χ2v) is 2.60. The number of halogens is 3. The predicted molar refractivity (Wildman–Crippen MR) is 40.0 cm³/mol. The van der Waals surface area contributed by atoms with Gasteiger partial charge in [-0.05, 0) is 12.8 Å². The van der Waals surface area contributed by atoms with Gasteiger partial charge < -0.3 is 10.4 Å². The number of nitrogens with one attached hydrogen (secondary N) is 1. The number of rotatable bonds is 4. The maximum absolute atomic E-state index is 11.6. The Labute approximate surface area is 73.9 Å². The molecule has 0 aromatic heterocycles. The summed E-state index contributed by atoms with van der Waals surface area (Å²) in [5.74, 6) is -1.96. The van der Waals surface area contributed by atoms with Crippen LogP contribution < -0.4 is 5.32 Å². The molecule has 0 aliphatic carbocycles. The SMILES string of the molecule is CCC(O)CCNC(=O)C(F)(F)F. The monoisotopic (exact) mass is 199 g/mol. The second-order valence-electron chi connectivity index (χ2n) is 2.60. The van der Waals surface area contributed by atoms with E-state index in [2.05, 4.69) is 0 Å². The van der Waals surface area contributed by atoms with E-state index >= 15 is 0 Å². The Morgan fingerprint density at radius 2 is 2.08 bits per heavy atom. The van der Waals surface area contributed by atoms with Gasteiger partial charge in [0.05, 0.1) is 6.10 Å². The van der Waals surface area contributed by atoms with Crippen LogP contribution in [0.25, 0.3) is 0 Å². The third-order valence-corrected chi connectivity index (χ3v) is 1.49. The van der Waals surface area contributed by atoms with Crippen molar-refractivity contribution in [2.45, 2.75) is 32.0 Å². The van der Waals surface area contributed by atoms with Crippen LogP contribution in [0.4, 0.5) is 13.2 Å². The van der Waals surface area contributed by atoms with Gasteiger partial charge in [0.25, 0.3) is 0 Å². The first-order valence-electron chi connectivity index (χ1n) is 3.91. The van der Waals surface area contributed by atoms with Crippen molar-refractivity contribution in [1.29, 1.82) is 0 Å². The number of carbonyl (C=O) groups excluding carboxylic acids is 1. The van der Waals surface area contributed by atoms with Crippen molar-refractivity contribution in [2.75, 3.05) is 6.54 Å². The lowest BCUT2D eigenvalue weighted by Gasteiger charge is -2.09. The lowest BCUT2D eigenvalue weighted by Crippen LogP contribution is -2.38. The lowest BCUT2D eigenvalue weighted by atomic mass is 10.2. The van der Waals surface area contributed by atoms with Gasteiger partial charge in [-0.3, -0.25) is 4.79 Å². The summed E-state index contributed by atoms with van der Waals surface area (Å²) in [6.45, 7) is 1.55. The quantitative estimate of drug-likeness (QED) is 0.704. The Kier molecular flexibility index (Phi) is 4.76. The van der Waals surface area contributed by atoms with E-state index in [0.717, 1.165) is 0 Å². The smallest absolute Gasteiger partial charge is 0.393 e. The van der Waals surface area contributed by atoms with E-state index in [1.54, 1.807) is 12.2 Å². The zero-order chi connectivity index (χ0) is 10.5. The van der Waals surface area contributed by atoms with Crippen LogP contribution in [0, 0.1) is 0 Å². The molecule has 0 rings (SSSR count). The van der Waals surface area contributed by atoms with Crippen molar-refractivity contribution >= 4 is 5.91 Å². The second kappa shape index (κ2) is 5.06. The van der Waals surface area contributed by atoms with Gasteiger partial charge in [0.1, 0.15) is 0 Å². The molecule has 0 radical (unpaired) electrons. The molecule has 0 fully saturated rings. The summed E-state index contributed by atoms with van der Waals surface area (Å²) in [5, 5.41) is 10.6. The van der Waals surface area contributed by atoms with E-state index in [4.69, 9.17) is 5.11 Å². The van der Waals surface area contributed by atoms with Crippen molar-refractivity contribution in [2.24, 2.45) is 0 Å². The standard InChI is InChI=1S/C7H12F3NO2/c1-2-5(12)3-4-11-6(13)7(8,9)10/h5,12H,2-4H2,1H3,(H,11,13). The first-order valence-corrected chi connectivity index (χ1v) is 3.91. The van der Waals surface area contributed by atoms with Gasteiger partial charge in [0, 0.05) is 6.54 Å². The predicted octanol–water partition coefficient (Wildman–Crippen LogP) is 0.826. The summed E-state index contributed by atoms with van der Waals surface area (Å²) in [6, 6.07) is 0. The molecule has 6 heteroatoms. The number of alkyl halides is 3. The van der Waals surface area contributed by atoms with Gasteiger partial charge in [-0.1, -0.05) is 6.92 Å². The molecular formula is C7H12F3NO2. The summed E-state index contributed by atoms with van der Waals surface area (Å²) in [4.78, 5) is 10.2. The van der Waals surface area contributed by atoms with Gasteiger partial charge in [-0.15, -0.1) is 0 Å². The molecule has 1 amide bonds. The highest BCUT2D eigenvalue weighted by atomic mass is 19.4. The topological polar surface area (TPSA) is 49.3 Å². The average molecular weight is 199 g/mol. The molecule has 0 aromatic carbocycles. The van der Waals surface area contributed by atoms with E-state index in [1.807, 2.05) is 0 Å². The molecule has 0 aliphatic rings. The third kappa shape index (κ3) is 5.46. The molecule has 0 saturated carbocycles. The number of carbonyl (C=O) groups is 1. The van der Waals surface area contributed by atoms with E-state index in [1.165, 1.54) is 0 Å². The molecule has 0 spiro atoms. The average Bonchev–Trinajstić information content (AvgIpc) is 2.02. The van der Waals surface area contributed by atoms with Crippen LogP contribution in [-0.4, -0.2) is 29.8 Å². The first-order chi connectivity index (χ1) is 5.88. The van der Waals surface area contributed by atoms with Crippen LogP contribution in [0.5, 0.6) is 0 Å². The summed E-state index contributed by atoms with van der Waals surface area (Å²) < 4.78 is 34.7. The summed E-state index contributed by atoms with van der Waals surface area (Å²) in [5.41, 5.74) is 0. The largest absolute Gasteiger partial charge is 0.471 e. The number of hydrogen-bond acceptors (Lipinski definition) is 2. The molecule has 2 N–H and O–H groups in total. The van der Waals surface area contributed by atoms with Gasteiger partial charge >= 0.3 is 12.1 Å². The number of aliphatic hydroxyl groups is 1. The molecule has 0 bridgehead atoms. The maximum Gasteiger partial charge on any atom is 0.471 e. The Hall–Kier alpha value is -0.780. The Balaban J connectivity index is 3.60. The number of aliphatic hydroxyl groups excluding tert-OH is 1. The fraction of sp³-hybridized carbons (Fsp3) is 0.857. The minimum atomic E-state index is -4.84. The van der Waals surface area contributed by atoms with Crippen molar-refractivity contribution < 1.29 is 23.1 Å². The lowest BCUT2D eigenvalue weighted by molar-refractivity contribution is -0.173. The van der Waals surface area contributed by atoms with Crippen LogP contribution in [0.15, 0.2) is 0 Å². The van der Waals surface area contributed by atoms with Crippen molar-refractivity contribution in [3.63, 3.8) is 0 Å². The Morgan fingerprint density at radius 3 is 2.46 bits per heavy atom. The zero-order valence-corrected chi connectivity index (χ0v) is 7.19. The van der Waals surface area contributed by atoms with E-state index in [-0.39, 0.29) is 13.0 Å². The van der Waals surface area contributed by atoms with Crippen molar-refractivity contribution in [3.05, 3.63) is 0 Å². The molecular weight excluding hydrogens is 187 g/mol. The van der Waals surface area contributed by atoms with Gasteiger partial charge in [0.15, 0.2) is 0 Å². The molecule has 0 aromatic rings. The minimum absolute atomic E-state index is 0.137. The maximum atomic E-state index is 11.6. The molecule has 0 heterocycles. The molecule has 0 saturated heterocycles. The summed E-state index contributed by atoms with van der Waals surface area (Å²) in [6.07, 6.45) is -4.90. The highest BCUT2D eigenvalue weighted by Gasteiger charge is 2.38. The van der Waals surface area contributed by atoms with E-state index in [0.29, 0.717) is 6.42 Å².